The van der Waals surface area contributed by atoms with Crippen molar-refractivity contribution in [3.63, 3.8) is 0 Å². The van der Waals surface area contributed by atoms with Gasteiger partial charge in [-0.1, -0.05) is 37.1 Å². The standard InChI is InChI=1S/C20H26ClN5O2/c1-4-5-12-26-19(21)17(14(3)25-26)10-11-18(27)23-13(2)15-6-8-16(9-7-15)24-20(22)28/h6-11,13H,4-5,12H2,1-3H3,(H,23,27)(H3,22,24,28). The smallest absolute Gasteiger partial charge is 0.316 e. The number of nitrogens with one attached hydrogen (secondary N) is 2. The van der Waals surface area contributed by atoms with Gasteiger partial charge < -0.3 is 16.4 Å². The average Bonchev–Trinajstić information content (AvgIpc) is 2.91. The molecule has 7 nitrogen and oxygen atoms in total. The summed E-state index contributed by atoms with van der Waals surface area (Å²) in [5, 5.41) is 10.4. The number of halogens is 1. The zero-order valence-corrected chi connectivity index (χ0v) is 17.1. The van der Waals surface area contributed by atoms with Crippen LogP contribution in [0.25, 0.3) is 6.08 Å². The number of benzene rings is 1. The number of amides is 3. The Hall–Kier alpha value is -2.80. The van der Waals surface area contributed by atoms with Crippen molar-refractivity contribution >= 4 is 35.3 Å². The van der Waals surface area contributed by atoms with Crippen LogP contribution in [0.3, 0.4) is 0 Å². The molecule has 0 saturated heterocycles. The number of urea groups is 1. The molecular weight excluding hydrogens is 378 g/mol. The number of unbranched alkanes of at least 4 members (excludes halogenated alkanes) is 1. The van der Waals surface area contributed by atoms with Crippen LogP contribution in [0, 0.1) is 6.92 Å². The lowest BCUT2D eigenvalue weighted by Gasteiger charge is -2.13. The predicted octanol–water partition coefficient (Wildman–Crippen LogP) is 4.03. The fourth-order valence-electron chi connectivity index (χ4n) is 2.71. The highest BCUT2D eigenvalue weighted by Crippen LogP contribution is 2.22. The number of aryl methyl sites for hydroxylation is 2. The van der Waals surface area contributed by atoms with Gasteiger partial charge in [0.15, 0.2) is 0 Å². The highest BCUT2D eigenvalue weighted by molar-refractivity contribution is 6.31. The molecule has 0 bridgehead atoms. The van der Waals surface area contributed by atoms with E-state index < -0.39 is 6.03 Å². The van der Waals surface area contributed by atoms with Gasteiger partial charge in [0.25, 0.3) is 0 Å². The third-order valence-corrected chi connectivity index (χ3v) is 4.67. The molecule has 0 fully saturated rings. The second-order valence-corrected chi connectivity index (χ2v) is 6.90. The summed E-state index contributed by atoms with van der Waals surface area (Å²) in [5.41, 5.74) is 8.12. The first-order valence-corrected chi connectivity index (χ1v) is 9.57. The Balaban J connectivity index is 1.99. The van der Waals surface area contributed by atoms with Gasteiger partial charge in [-0.2, -0.15) is 5.10 Å². The maximum absolute atomic E-state index is 12.3. The summed E-state index contributed by atoms with van der Waals surface area (Å²) in [6.07, 6.45) is 5.20. The molecule has 2 aromatic rings. The molecule has 150 valence electrons. The van der Waals surface area contributed by atoms with Crippen molar-refractivity contribution in [1.82, 2.24) is 15.1 Å². The number of nitrogens with zero attached hydrogens (tertiary/aromatic N) is 2. The van der Waals surface area contributed by atoms with Crippen molar-refractivity contribution < 1.29 is 9.59 Å². The van der Waals surface area contributed by atoms with E-state index in [1.165, 1.54) is 6.08 Å². The summed E-state index contributed by atoms with van der Waals surface area (Å²) < 4.78 is 1.77. The Kier molecular flexibility index (Phi) is 7.63. The van der Waals surface area contributed by atoms with Crippen LogP contribution < -0.4 is 16.4 Å². The highest BCUT2D eigenvalue weighted by Gasteiger charge is 2.12. The van der Waals surface area contributed by atoms with E-state index >= 15 is 0 Å². The van der Waals surface area contributed by atoms with E-state index in [0.29, 0.717) is 10.8 Å². The first-order chi connectivity index (χ1) is 13.3. The quantitative estimate of drug-likeness (QED) is 0.580. The van der Waals surface area contributed by atoms with Gasteiger partial charge in [-0.25, -0.2) is 4.79 Å². The Morgan fingerprint density at radius 1 is 1.32 bits per heavy atom. The third-order valence-electron chi connectivity index (χ3n) is 4.27. The van der Waals surface area contributed by atoms with Crippen molar-refractivity contribution in [2.75, 3.05) is 5.32 Å². The summed E-state index contributed by atoms with van der Waals surface area (Å²) in [6.45, 7) is 6.62. The first-order valence-electron chi connectivity index (χ1n) is 9.19. The fourth-order valence-corrected chi connectivity index (χ4v) is 3.04. The highest BCUT2D eigenvalue weighted by atomic mass is 35.5. The van der Waals surface area contributed by atoms with Crippen LogP contribution in [0.4, 0.5) is 10.5 Å². The van der Waals surface area contributed by atoms with E-state index in [2.05, 4.69) is 22.7 Å². The summed E-state index contributed by atoms with van der Waals surface area (Å²) in [6, 6.07) is 6.27. The van der Waals surface area contributed by atoms with Crippen molar-refractivity contribution in [2.24, 2.45) is 5.73 Å². The van der Waals surface area contributed by atoms with E-state index in [4.69, 9.17) is 17.3 Å². The Morgan fingerprint density at radius 3 is 2.61 bits per heavy atom. The topological polar surface area (TPSA) is 102 Å². The van der Waals surface area contributed by atoms with Gasteiger partial charge in [0.1, 0.15) is 5.15 Å². The van der Waals surface area contributed by atoms with Crippen molar-refractivity contribution in [1.29, 1.82) is 0 Å². The minimum atomic E-state index is -0.619. The van der Waals surface area contributed by atoms with Crippen LogP contribution in [0.5, 0.6) is 0 Å². The van der Waals surface area contributed by atoms with Gasteiger partial charge in [0, 0.05) is 23.9 Å². The molecule has 28 heavy (non-hydrogen) atoms. The number of primary amides is 1. The zero-order valence-electron chi connectivity index (χ0n) is 16.3. The van der Waals surface area contributed by atoms with E-state index in [9.17, 15) is 9.59 Å². The number of anilines is 1. The molecule has 4 N–H and O–H groups in total. The fraction of sp³-hybridized carbons (Fsp3) is 0.350. The third kappa shape index (κ3) is 5.85. The van der Waals surface area contributed by atoms with Crippen LogP contribution in [-0.4, -0.2) is 21.7 Å². The lowest BCUT2D eigenvalue weighted by atomic mass is 10.1. The molecular formula is C20H26ClN5O2. The Labute approximate surface area is 169 Å². The van der Waals surface area contributed by atoms with Gasteiger partial charge in [0.2, 0.25) is 5.91 Å². The van der Waals surface area contributed by atoms with E-state index in [1.807, 2.05) is 26.0 Å². The zero-order chi connectivity index (χ0) is 20.7. The van der Waals surface area contributed by atoms with Crippen LogP contribution in [0.1, 0.15) is 49.6 Å². The first kappa shape index (κ1) is 21.5. The number of carbonyl (C=O) groups excluding carboxylic acids is 2. The van der Waals surface area contributed by atoms with Crippen LogP contribution in [0.2, 0.25) is 5.15 Å². The summed E-state index contributed by atoms with van der Waals surface area (Å²) in [7, 11) is 0. The van der Waals surface area contributed by atoms with Crippen LogP contribution >= 0.6 is 11.6 Å². The maximum atomic E-state index is 12.3. The molecule has 1 unspecified atom stereocenters. The molecule has 0 aliphatic rings. The monoisotopic (exact) mass is 403 g/mol. The molecule has 8 heteroatoms. The van der Waals surface area contributed by atoms with Gasteiger partial charge in [-0.3, -0.25) is 9.48 Å². The van der Waals surface area contributed by atoms with Crippen LogP contribution in [-0.2, 0) is 11.3 Å². The minimum Gasteiger partial charge on any atom is -0.351 e. The minimum absolute atomic E-state index is 0.205. The molecule has 2 rings (SSSR count). The van der Waals surface area contributed by atoms with Gasteiger partial charge in [0.05, 0.1) is 11.7 Å². The van der Waals surface area contributed by atoms with Crippen molar-refractivity contribution in [3.8, 4) is 0 Å². The molecule has 0 saturated carbocycles. The molecule has 1 atom stereocenters. The molecule has 0 spiro atoms. The predicted molar refractivity (Wildman–Crippen MR) is 112 cm³/mol. The molecule has 0 radical (unpaired) electrons. The number of rotatable bonds is 8. The summed E-state index contributed by atoms with van der Waals surface area (Å²) >= 11 is 6.38. The van der Waals surface area contributed by atoms with Gasteiger partial charge >= 0.3 is 6.03 Å². The maximum Gasteiger partial charge on any atom is 0.316 e. The lowest BCUT2D eigenvalue weighted by molar-refractivity contribution is -0.117. The second kappa shape index (κ2) is 9.94. The number of nitrogens with two attached hydrogens (primary N) is 1. The van der Waals surface area contributed by atoms with Crippen LogP contribution in [0.15, 0.2) is 30.3 Å². The van der Waals surface area contributed by atoms with E-state index in [1.54, 1.807) is 22.9 Å². The second-order valence-electron chi connectivity index (χ2n) is 6.54. The van der Waals surface area contributed by atoms with E-state index in [0.717, 1.165) is 36.2 Å². The molecule has 0 aliphatic heterocycles. The van der Waals surface area contributed by atoms with Gasteiger partial charge in [-0.15, -0.1) is 0 Å². The number of aromatic nitrogens is 2. The van der Waals surface area contributed by atoms with Gasteiger partial charge in [-0.05, 0) is 44.0 Å². The van der Waals surface area contributed by atoms with Crippen molar-refractivity contribution in [2.45, 2.75) is 46.2 Å². The van der Waals surface area contributed by atoms with E-state index in [-0.39, 0.29) is 11.9 Å². The normalized spacial score (nSPS) is 12.1. The summed E-state index contributed by atoms with van der Waals surface area (Å²) in [4.78, 5) is 23.1. The number of hydrogen-bond acceptors (Lipinski definition) is 3. The summed E-state index contributed by atoms with van der Waals surface area (Å²) in [5.74, 6) is -0.233. The molecule has 3 amide bonds. The van der Waals surface area contributed by atoms with Crippen molar-refractivity contribution in [3.05, 3.63) is 52.3 Å². The molecule has 1 aromatic carbocycles. The number of hydrogen-bond donors (Lipinski definition) is 3. The largest absolute Gasteiger partial charge is 0.351 e. The number of carbonyl (C=O) groups is 2. The Morgan fingerprint density at radius 2 is 2.00 bits per heavy atom. The molecule has 1 aromatic heterocycles. The molecule has 1 heterocycles. The average molecular weight is 404 g/mol. The Bertz CT molecular complexity index is 858. The SMILES string of the molecule is CCCCn1nc(C)c(C=CC(=O)NC(C)c2ccc(NC(N)=O)cc2)c1Cl. The lowest BCUT2D eigenvalue weighted by Crippen LogP contribution is -2.24. The molecule has 0 aliphatic carbocycles.